The monoisotopic (exact) mass is 356 g/mol. The number of nitrogens with one attached hydrogen (secondary N) is 1. The van der Waals surface area contributed by atoms with Crippen LogP contribution in [0, 0.1) is 18.3 Å². The number of hydrogen-bond donors (Lipinski definition) is 1. The first-order chi connectivity index (χ1) is 11.8. The van der Waals surface area contributed by atoms with Crippen LogP contribution in [0.2, 0.25) is 0 Å². The van der Waals surface area contributed by atoms with Crippen LogP contribution in [0.5, 0.6) is 0 Å². The summed E-state index contributed by atoms with van der Waals surface area (Å²) in [6, 6.07) is 11.4. The van der Waals surface area contributed by atoms with Crippen molar-refractivity contribution in [2.24, 2.45) is 0 Å². The minimum Gasteiger partial charge on any atom is -0.253 e. The van der Waals surface area contributed by atoms with Gasteiger partial charge in [0.1, 0.15) is 11.6 Å². The first-order valence-electron chi connectivity index (χ1n) is 7.38. The fraction of sp³-hybridized carbons (Fsp3) is 0.188. The van der Waals surface area contributed by atoms with Gasteiger partial charge in [0.2, 0.25) is 0 Å². The van der Waals surface area contributed by atoms with Gasteiger partial charge in [-0.1, -0.05) is 18.2 Å². The number of aromatic nitrogens is 3. The molecule has 1 N–H and O–H groups in total. The number of hydrogen-bond acceptors (Lipinski definition) is 5. The van der Waals surface area contributed by atoms with E-state index in [0.717, 1.165) is 20.8 Å². The Morgan fingerprint density at radius 2 is 2.00 bits per heavy atom. The van der Waals surface area contributed by atoms with Crippen molar-refractivity contribution in [3.63, 3.8) is 0 Å². The summed E-state index contributed by atoms with van der Waals surface area (Å²) >= 11 is 0. The Kier molecular flexibility index (Phi) is 4.16. The van der Waals surface area contributed by atoms with E-state index in [-0.39, 0.29) is 11.4 Å². The first-order valence-corrected chi connectivity index (χ1v) is 8.82. The highest BCUT2D eigenvalue weighted by Gasteiger charge is 2.21. The zero-order chi connectivity index (χ0) is 18.2. The van der Waals surface area contributed by atoms with E-state index in [4.69, 9.17) is 0 Å². The van der Waals surface area contributed by atoms with Crippen LogP contribution < -0.4 is 4.72 Å². The van der Waals surface area contributed by atoms with Crippen molar-refractivity contribution >= 4 is 26.9 Å². The molecule has 0 aliphatic carbocycles. The number of benzene rings is 1. The van der Waals surface area contributed by atoms with Crippen LogP contribution in [0.1, 0.15) is 11.1 Å². The molecule has 8 nitrogen and oxygen atoms in total. The Bertz CT molecular complexity index is 1100. The molecule has 9 heteroatoms. The van der Waals surface area contributed by atoms with E-state index in [0.29, 0.717) is 5.82 Å². The highest BCUT2D eigenvalue weighted by Crippen LogP contribution is 2.24. The highest BCUT2D eigenvalue weighted by molar-refractivity contribution is 7.90. The summed E-state index contributed by atoms with van der Waals surface area (Å²) in [7, 11) is -1.00. The minimum atomic E-state index is -3.79. The Hall–Kier alpha value is -2.96. The molecular formula is C16H16N6O2S. The normalized spacial score (nSPS) is 11.6. The van der Waals surface area contributed by atoms with Gasteiger partial charge in [-0.05, 0) is 24.6 Å². The molecule has 1 aromatic carbocycles. The van der Waals surface area contributed by atoms with Gasteiger partial charge in [-0.2, -0.15) is 27.8 Å². The topological polar surface area (TPSA) is 104 Å². The summed E-state index contributed by atoms with van der Waals surface area (Å²) in [6.45, 7) is 1.94. The molecule has 0 saturated carbocycles. The predicted molar refractivity (Wildman–Crippen MR) is 94.5 cm³/mol. The summed E-state index contributed by atoms with van der Waals surface area (Å²) in [5.41, 5.74) is 1.84. The molecule has 0 radical (unpaired) electrons. The molecule has 25 heavy (non-hydrogen) atoms. The number of rotatable bonds is 4. The van der Waals surface area contributed by atoms with E-state index >= 15 is 0 Å². The van der Waals surface area contributed by atoms with E-state index in [1.165, 1.54) is 25.0 Å². The Morgan fingerprint density at radius 1 is 1.28 bits per heavy atom. The molecule has 3 rings (SSSR count). The molecule has 3 aromatic rings. The number of nitriles is 1. The number of aryl methyl sites for hydroxylation is 1. The maximum Gasteiger partial charge on any atom is 0.302 e. The van der Waals surface area contributed by atoms with Crippen LogP contribution in [-0.2, 0) is 10.2 Å². The number of para-hydroxylation sites is 1. The van der Waals surface area contributed by atoms with E-state index in [1.54, 1.807) is 6.07 Å². The van der Waals surface area contributed by atoms with E-state index in [2.05, 4.69) is 14.8 Å². The quantitative estimate of drug-likeness (QED) is 0.768. The molecule has 0 unspecified atom stereocenters. The van der Waals surface area contributed by atoms with Crippen molar-refractivity contribution in [3.05, 3.63) is 47.7 Å². The second-order valence-electron chi connectivity index (χ2n) is 5.63. The molecule has 0 saturated heterocycles. The van der Waals surface area contributed by atoms with Crippen LogP contribution >= 0.6 is 0 Å². The van der Waals surface area contributed by atoms with Crippen LogP contribution in [0.15, 0.2) is 36.5 Å². The summed E-state index contributed by atoms with van der Waals surface area (Å²) in [5, 5.41) is 14.4. The van der Waals surface area contributed by atoms with Gasteiger partial charge in [0.25, 0.3) is 0 Å². The third kappa shape index (κ3) is 3.05. The van der Waals surface area contributed by atoms with Gasteiger partial charge >= 0.3 is 10.2 Å². The molecule has 128 valence electrons. The minimum absolute atomic E-state index is 0.0541. The van der Waals surface area contributed by atoms with Crippen LogP contribution in [0.4, 0.5) is 5.82 Å². The lowest BCUT2D eigenvalue weighted by molar-refractivity contribution is 0.526. The summed E-state index contributed by atoms with van der Waals surface area (Å²) in [5.74, 6) is 0.479. The maximum absolute atomic E-state index is 12.2. The summed E-state index contributed by atoms with van der Waals surface area (Å²) in [6.07, 6.45) is 1.31. The lowest BCUT2D eigenvalue weighted by atomic mass is 10.1. The van der Waals surface area contributed by atoms with Crippen LogP contribution in [-0.4, -0.2) is 41.6 Å². The fourth-order valence-electron chi connectivity index (χ4n) is 2.36. The van der Waals surface area contributed by atoms with E-state index < -0.39 is 10.2 Å². The highest BCUT2D eigenvalue weighted by atomic mass is 32.2. The largest absolute Gasteiger partial charge is 0.302 e. The third-order valence-electron chi connectivity index (χ3n) is 3.72. The van der Waals surface area contributed by atoms with Gasteiger partial charge < -0.3 is 0 Å². The fourth-order valence-corrected chi connectivity index (χ4v) is 2.98. The zero-order valence-corrected chi connectivity index (χ0v) is 14.7. The lowest BCUT2D eigenvalue weighted by Gasteiger charge is -2.15. The Balaban J connectivity index is 2.19. The number of anilines is 1. The molecule has 0 amide bonds. The third-order valence-corrected chi connectivity index (χ3v) is 5.14. The van der Waals surface area contributed by atoms with Crippen molar-refractivity contribution in [3.8, 4) is 11.9 Å². The Morgan fingerprint density at radius 3 is 2.68 bits per heavy atom. The van der Waals surface area contributed by atoms with Gasteiger partial charge in [0.05, 0.1) is 11.7 Å². The summed E-state index contributed by atoms with van der Waals surface area (Å²) < 4.78 is 29.1. The van der Waals surface area contributed by atoms with Crippen molar-refractivity contribution in [1.29, 1.82) is 5.26 Å². The molecule has 2 aromatic heterocycles. The standard InChI is InChI=1S/C16H16N6O2S/c1-11-8-15(19-14-7-5-4-6-13(11)14)22-16(12(9-17)10-18-22)20-25(23,24)21(2)3/h4-8,10,20H,1-3H3. The van der Waals surface area contributed by atoms with Gasteiger partial charge in [-0.15, -0.1) is 0 Å². The van der Waals surface area contributed by atoms with Crippen molar-refractivity contribution in [2.75, 3.05) is 18.8 Å². The second-order valence-corrected chi connectivity index (χ2v) is 7.52. The van der Waals surface area contributed by atoms with Gasteiger partial charge in [0.15, 0.2) is 11.6 Å². The van der Waals surface area contributed by atoms with Crippen molar-refractivity contribution in [2.45, 2.75) is 6.92 Å². The average Bonchev–Trinajstić information content (AvgIpc) is 2.96. The van der Waals surface area contributed by atoms with Crippen LogP contribution in [0.25, 0.3) is 16.7 Å². The van der Waals surface area contributed by atoms with Gasteiger partial charge in [0, 0.05) is 19.5 Å². The zero-order valence-electron chi connectivity index (χ0n) is 13.9. The van der Waals surface area contributed by atoms with E-state index in [1.807, 2.05) is 37.3 Å². The molecule has 0 aliphatic rings. The summed E-state index contributed by atoms with van der Waals surface area (Å²) in [4.78, 5) is 4.53. The molecule has 2 heterocycles. The maximum atomic E-state index is 12.2. The smallest absolute Gasteiger partial charge is 0.253 e. The molecule has 0 spiro atoms. The van der Waals surface area contributed by atoms with Crippen molar-refractivity contribution in [1.82, 2.24) is 19.1 Å². The molecular weight excluding hydrogens is 340 g/mol. The first kappa shape index (κ1) is 16.9. The Labute approximate surface area is 145 Å². The van der Waals surface area contributed by atoms with E-state index in [9.17, 15) is 13.7 Å². The van der Waals surface area contributed by atoms with Crippen LogP contribution in [0.3, 0.4) is 0 Å². The molecule has 0 aliphatic heterocycles. The molecule has 0 atom stereocenters. The predicted octanol–water partition coefficient (Wildman–Crippen LogP) is 1.82. The number of nitrogens with zero attached hydrogens (tertiary/aromatic N) is 5. The van der Waals surface area contributed by atoms with Gasteiger partial charge in [-0.3, -0.25) is 4.72 Å². The van der Waals surface area contributed by atoms with Crippen molar-refractivity contribution < 1.29 is 8.42 Å². The molecule has 0 fully saturated rings. The second kappa shape index (κ2) is 6.16. The number of fused-ring (bicyclic) bond motifs is 1. The van der Waals surface area contributed by atoms with Gasteiger partial charge in [-0.25, -0.2) is 4.98 Å². The SMILES string of the molecule is Cc1cc(-n2ncc(C#N)c2NS(=O)(=O)N(C)C)nc2ccccc12. The molecule has 0 bridgehead atoms. The lowest BCUT2D eigenvalue weighted by Crippen LogP contribution is -2.30. The average molecular weight is 356 g/mol. The number of pyridine rings is 1.